The second-order valence-electron chi connectivity index (χ2n) is 5.64. The van der Waals surface area contributed by atoms with Gasteiger partial charge in [0.05, 0.1) is 12.7 Å². The van der Waals surface area contributed by atoms with Crippen LogP contribution in [0.15, 0.2) is 17.3 Å². The Labute approximate surface area is 125 Å². The van der Waals surface area contributed by atoms with Crippen molar-refractivity contribution in [2.45, 2.75) is 49.6 Å². The fourth-order valence-corrected chi connectivity index (χ4v) is 5.41. The number of hydrogen-bond donors (Lipinski definition) is 0. The van der Waals surface area contributed by atoms with Crippen LogP contribution in [0.4, 0.5) is 0 Å². The lowest BCUT2D eigenvalue weighted by atomic mass is 9.94. The average Bonchev–Trinajstić information content (AvgIpc) is 3.06. The van der Waals surface area contributed by atoms with E-state index in [1.54, 1.807) is 15.2 Å². The third kappa shape index (κ3) is 2.49. The maximum Gasteiger partial charge on any atom is 0.246 e. The van der Waals surface area contributed by atoms with E-state index in [9.17, 15) is 8.42 Å². The minimum atomic E-state index is -3.41. The molecule has 1 aromatic rings. The summed E-state index contributed by atoms with van der Waals surface area (Å²) in [5, 5.41) is 4.08. The molecule has 0 amide bonds. The molecule has 2 unspecified atom stereocenters. The number of piperidine rings is 1. The average molecular weight is 318 g/mol. The first-order chi connectivity index (χ1) is 9.63. The Morgan fingerprint density at radius 2 is 2.10 bits per heavy atom. The lowest BCUT2D eigenvalue weighted by molar-refractivity contribution is 0.202. The minimum absolute atomic E-state index is 0.199. The number of fused-ring (bicyclic) bond motifs is 1. The standard InChI is InChI=1S/C13H20ClN3O2S/c14-6-8-16-10-12(9-15-16)20(18,19)17-7-2-4-11-3-1-5-13(11)17/h9-11,13H,1-8H2. The van der Waals surface area contributed by atoms with E-state index in [1.165, 1.54) is 19.0 Å². The Hall–Kier alpha value is -0.590. The molecule has 0 N–H and O–H groups in total. The van der Waals surface area contributed by atoms with Crippen molar-refractivity contribution < 1.29 is 8.42 Å². The number of rotatable bonds is 4. The Bertz CT molecular complexity index is 572. The van der Waals surface area contributed by atoms with E-state index in [0.29, 0.717) is 29.8 Å². The van der Waals surface area contributed by atoms with Crippen LogP contribution in [0.1, 0.15) is 32.1 Å². The topological polar surface area (TPSA) is 55.2 Å². The summed E-state index contributed by atoms with van der Waals surface area (Å²) >= 11 is 5.66. The molecule has 0 bridgehead atoms. The van der Waals surface area contributed by atoms with E-state index in [4.69, 9.17) is 11.6 Å². The SMILES string of the molecule is O=S(=O)(c1cnn(CCCl)c1)N1CCCC2CCCC21. The van der Waals surface area contributed by atoms with Crippen LogP contribution in [0.25, 0.3) is 0 Å². The van der Waals surface area contributed by atoms with Gasteiger partial charge in [0.2, 0.25) is 10.0 Å². The molecule has 0 spiro atoms. The number of halogens is 1. The summed E-state index contributed by atoms with van der Waals surface area (Å²) in [5.74, 6) is 0.978. The van der Waals surface area contributed by atoms with Crippen LogP contribution in [-0.2, 0) is 16.6 Å². The molecule has 1 saturated carbocycles. The molecule has 2 aliphatic rings. The molecule has 0 radical (unpaired) electrons. The minimum Gasteiger partial charge on any atom is -0.270 e. The van der Waals surface area contributed by atoms with Gasteiger partial charge in [0.1, 0.15) is 4.90 Å². The molecule has 2 fully saturated rings. The summed E-state index contributed by atoms with van der Waals surface area (Å²) in [6, 6.07) is 0.199. The molecule has 5 nitrogen and oxygen atoms in total. The van der Waals surface area contributed by atoms with Crippen LogP contribution in [-0.4, -0.2) is 41.0 Å². The van der Waals surface area contributed by atoms with Gasteiger partial charge in [-0.3, -0.25) is 4.68 Å². The molecule has 7 heteroatoms. The Morgan fingerprint density at radius 1 is 1.30 bits per heavy atom. The molecule has 1 aromatic heterocycles. The molecular formula is C13H20ClN3O2S. The maximum atomic E-state index is 12.8. The summed E-state index contributed by atoms with van der Waals surface area (Å²) in [6.45, 7) is 1.17. The molecule has 112 valence electrons. The third-order valence-electron chi connectivity index (χ3n) is 4.47. The lowest BCUT2D eigenvalue weighted by Crippen LogP contribution is -2.45. The first-order valence-electron chi connectivity index (χ1n) is 7.23. The van der Waals surface area contributed by atoms with E-state index in [1.807, 2.05) is 0 Å². The summed E-state index contributed by atoms with van der Waals surface area (Å²) < 4.78 is 28.9. The van der Waals surface area contributed by atoms with Crippen molar-refractivity contribution in [2.75, 3.05) is 12.4 Å². The quantitative estimate of drug-likeness (QED) is 0.799. The van der Waals surface area contributed by atoms with E-state index in [-0.39, 0.29) is 6.04 Å². The number of hydrogen-bond acceptors (Lipinski definition) is 3. The number of aryl methyl sites for hydroxylation is 1. The van der Waals surface area contributed by atoms with Crippen molar-refractivity contribution in [2.24, 2.45) is 5.92 Å². The predicted molar refractivity (Wildman–Crippen MR) is 77.2 cm³/mol. The van der Waals surface area contributed by atoms with Crippen LogP contribution in [0.2, 0.25) is 0 Å². The van der Waals surface area contributed by atoms with Gasteiger partial charge in [-0.25, -0.2) is 8.42 Å². The zero-order valence-electron chi connectivity index (χ0n) is 11.4. The molecule has 2 heterocycles. The van der Waals surface area contributed by atoms with Crippen molar-refractivity contribution in [3.63, 3.8) is 0 Å². The maximum absolute atomic E-state index is 12.8. The van der Waals surface area contributed by atoms with Crippen molar-refractivity contribution in [1.29, 1.82) is 0 Å². The lowest BCUT2D eigenvalue weighted by Gasteiger charge is -2.36. The first kappa shape index (κ1) is 14.4. The molecule has 1 saturated heterocycles. The zero-order chi connectivity index (χ0) is 14.2. The smallest absolute Gasteiger partial charge is 0.246 e. The van der Waals surface area contributed by atoms with Crippen LogP contribution < -0.4 is 0 Å². The third-order valence-corrected chi connectivity index (χ3v) is 6.52. The second kappa shape index (κ2) is 5.66. The number of nitrogens with zero attached hydrogens (tertiary/aromatic N) is 3. The van der Waals surface area contributed by atoms with Gasteiger partial charge in [-0.15, -0.1) is 11.6 Å². The summed E-state index contributed by atoms with van der Waals surface area (Å²) in [5.41, 5.74) is 0. The molecular weight excluding hydrogens is 298 g/mol. The zero-order valence-corrected chi connectivity index (χ0v) is 13.0. The van der Waals surface area contributed by atoms with Gasteiger partial charge in [-0.2, -0.15) is 9.40 Å². The largest absolute Gasteiger partial charge is 0.270 e. The number of alkyl halides is 1. The Morgan fingerprint density at radius 3 is 2.90 bits per heavy atom. The Kier molecular flexibility index (Phi) is 4.06. The van der Waals surface area contributed by atoms with Crippen LogP contribution in [0.3, 0.4) is 0 Å². The van der Waals surface area contributed by atoms with E-state index < -0.39 is 10.0 Å². The normalized spacial score (nSPS) is 27.6. The van der Waals surface area contributed by atoms with Crippen molar-refractivity contribution in [3.05, 3.63) is 12.4 Å². The van der Waals surface area contributed by atoms with Gasteiger partial charge < -0.3 is 0 Å². The molecule has 0 aromatic carbocycles. The van der Waals surface area contributed by atoms with Crippen LogP contribution in [0, 0.1) is 5.92 Å². The fourth-order valence-electron chi connectivity index (χ4n) is 3.53. The van der Waals surface area contributed by atoms with Crippen LogP contribution >= 0.6 is 11.6 Å². The highest BCUT2D eigenvalue weighted by molar-refractivity contribution is 7.89. The molecule has 1 aliphatic carbocycles. The van der Waals surface area contributed by atoms with Crippen molar-refractivity contribution >= 4 is 21.6 Å². The summed E-state index contributed by atoms with van der Waals surface area (Å²) in [6.07, 6.45) is 8.49. The highest BCUT2D eigenvalue weighted by atomic mass is 35.5. The van der Waals surface area contributed by atoms with Gasteiger partial charge >= 0.3 is 0 Å². The second-order valence-corrected chi connectivity index (χ2v) is 7.91. The van der Waals surface area contributed by atoms with E-state index >= 15 is 0 Å². The first-order valence-corrected chi connectivity index (χ1v) is 9.20. The number of sulfonamides is 1. The highest BCUT2D eigenvalue weighted by Gasteiger charge is 2.41. The van der Waals surface area contributed by atoms with Gasteiger partial charge in [0.15, 0.2) is 0 Å². The molecule has 2 atom stereocenters. The van der Waals surface area contributed by atoms with Gasteiger partial charge in [-0.05, 0) is 31.6 Å². The predicted octanol–water partition coefficient (Wildman–Crippen LogP) is 2.08. The summed E-state index contributed by atoms with van der Waals surface area (Å²) in [4.78, 5) is 0.301. The number of aromatic nitrogens is 2. The van der Waals surface area contributed by atoms with Crippen molar-refractivity contribution in [3.8, 4) is 0 Å². The molecule has 20 heavy (non-hydrogen) atoms. The van der Waals surface area contributed by atoms with E-state index in [2.05, 4.69) is 5.10 Å². The Balaban J connectivity index is 1.86. The fraction of sp³-hybridized carbons (Fsp3) is 0.769. The van der Waals surface area contributed by atoms with Gasteiger partial charge in [0, 0.05) is 24.7 Å². The molecule has 1 aliphatic heterocycles. The summed E-state index contributed by atoms with van der Waals surface area (Å²) in [7, 11) is -3.41. The molecule has 3 rings (SSSR count). The van der Waals surface area contributed by atoms with Gasteiger partial charge in [-0.1, -0.05) is 6.42 Å². The van der Waals surface area contributed by atoms with Gasteiger partial charge in [0.25, 0.3) is 0 Å². The highest BCUT2D eigenvalue weighted by Crippen LogP contribution is 2.39. The monoisotopic (exact) mass is 317 g/mol. The van der Waals surface area contributed by atoms with Crippen LogP contribution in [0.5, 0.6) is 0 Å². The van der Waals surface area contributed by atoms with Crippen molar-refractivity contribution in [1.82, 2.24) is 14.1 Å². The van der Waals surface area contributed by atoms with E-state index in [0.717, 1.165) is 19.3 Å².